The van der Waals surface area contributed by atoms with Crippen molar-refractivity contribution in [1.29, 1.82) is 0 Å². The molecule has 0 aromatic heterocycles. The fourth-order valence-electron chi connectivity index (χ4n) is 5.21. The van der Waals surface area contributed by atoms with Crippen molar-refractivity contribution < 1.29 is 32.6 Å². The van der Waals surface area contributed by atoms with Crippen LogP contribution in [0.15, 0.2) is 157 Å². The summed E-state index contributed by atoms with van der Waals surface area (Å²) in [5.41, 5.74) is 2.14. The van der Waals surface area contributed by atoms with Gasteiger partial charge in [-0.15, -0.1) is 0 Å². The van der Waals surface area contributed by atoms with Gasteiger partial charge in [0.25, 0.3) is 15.9 Å². The molecule has 6 aromatic rings. The zero-order valence-corrected chi connectivity index (χ0v) is 28.5. The topological polar surface area (TPSA) is 131 Å². The molecule has 0 spiro atoms. The Morgan fingerprint density at radius 1 is 0.686 bits per heavy atom. The predicted molar refractivity (Wildman–Crippen MR) is 196 cm³/mol. The third-order valence-corrected chi connectivity index (χ3v) is 9.37. The van der Waals surface area contributed by atoms with Gasteiger partial charge in [-0.1, -0.05) is 90.5 Å². The first-order valence-electron chi connectivity index (χ1n) is 15.7. The van der Waals surface area contributed by atoms with E-state index in [0.29, 0.717) is 28.6 Å². The molecule has 9 nitrogen and oxygen atoms in total. The van der Waals surface area contributed by atoms with Crippen molar-refractivity contribution >= 4 is 39.2 Å². The van der Waals surface area contributed by atoms with E-state index in [1.165, 1.54) is 42.5 Å². The molecule has 0 bridgehead atoms. The van der Waals surface area contributed by atoms with E-state index in [0.717, 1.165) is 11.1 Å². The minimum atomic E-state index is -4.17. The fourth-order valence-corrected chi connectivity index (χ4v) is 6.46. The quantitative estimate of drug-likeness (QED) is 0.109. The van der Waals surface area contributed by atoms with Crippen LogP contribution < -0.4 is 19.5 Å². The number of hydrogen-bond acceptors (Lipinski definition) is 6. The Bertz CT molecular complexity index is 2250. The summed E-state index contributed by atoms with van der Waals surface area (Å²) in [4.78, 5) is 25.7. The number of carbonyl (C=O) groups excluding carboxylic acids is 1. The summed E-state index contributed by atoms with van der Waals surface area (Å²) >= 11 is 6.19. The third kappa shape index (κ3) is 8.93. The van der Waals surface area contributed by atoms with E-state index in [1.807, 2.05) is 84.9 Å². The van der Waals surface area contributed by atoms with Gasteiger partial charge in [-0.25, -0.2) is 13.2 Å². The number of aliphatic carboxylic acids is 1. The Morgan fingerprint density at radius 3 is 1.92 bits per heavy atom. The average Bonchev–Trinajstić information content (AvgIpc) is 3.13. The monoisotopic (exact) mass is 718 g/mol. The number of hydrogen-bond donors (Lipinski definition) is 3. The van der Waals surface area contributed by atoms with Crippen molar-refractivity contribution in [3.8, 4) is 34.1 Å². The number of rotatable bonds is 13. The van der Waals surface area contributed by atoms with Crippen LogP contribution >= 0.6 is 11.6 Å². The lowest BCUT2D eigenvalue weighted by Crippen LogP contribution is -2.42. The Morgan fingerprint density at radius 2 is 1.27 bits per heavy atom. The van der Waals surface area contributed by atoms with Gasteiger partial charge in [0.1, 0.15) is 29.0 Å². The summed E-state index contributed by atoms with van der Waals surface area (Å²) in [5, 5.41) is 12.7. The average molecular weight is 719 g/mol. The van der Waals surface area contributed by atoms with Crippen LogP contribution in [0.2, 0.25) is 5.02 Å². The summed E-state index contributed by atoms with van der Waals surface area (Å²) < 4.78 is 40.9. The highest BCUT2D eigenvalue weighted by Crippen LogP contribution is 2.33. The minimum absolute atomic E-state index is 0.0391. The summed E-state index contributed by atoms with van der Waals surface area (Å²) in [6.07, 6.45) is -0.0391. The highest BCUT2D eigenvalue weighted by atomic mass is 35.5. The van der Waals surface area contributed by atoms with Crippen LogP contribution in [-0.2, 0) is 21.2 Å². The van der Waals surface area contributed by atoms with E-state index in [-0.39, 0.29) is 27.6 Å². The molecule has 11 heteroatoms. The third-order valence-electron chi connectivity index (χ3n) is 7.75. The Kier molecular flexibility index (Phi) is 10.6. The van der Waals surface area contributed by atoms with Gasteiger partial charge in [0, 0.05) is 17.0 Å². The number of amides is 1. The first kappa shape index (κ1) is 34.8. The lowest BCUT2D eigenvalue weighted by Gasteiger charge is -2.18. The van der Waals surface area contributed by atoms with Gasteiger partial charge in [-0.2, -0.15) is 0 Å². The molecule has 6 rings (SSSR count). The number of para-hydroxylation sites is 3. The van der Waals surface area contributed by atoms with Crippen molar-refractivity contribution in [3.05, 3.63) is 168 Å². The second-order valence-corrected chi connectivity index (χ2v) is 13.5. The van der Waals surface area contributed by atoms with Gasteiger partial charge in [0.2, 0.25) is 0 Å². The molecule has 0 aliphatic heterocycles. The van der Waals surface area contributed by atoms with Crippen LogP contribution in [-0.4, -0.2) is 31.4 Å². The molecular formula is C40H31ClN2O7S. The molecule has 6 aromatic carbocycles. The summed E-state index contributed by atoms with van der Waals surface area (Å²) in [5.74, 6) is 0.293. The van der Waals surface area contributed by atoms with Crippen LogP contribution in [0.4, 0.5) is 5.69 Å². The van der Waals surface area contributed by atoms with Crippen molar-refractivity contribution in [2.45, 2.75) is 17.4 Å². The minimum Gasteiger partial charge on any atom is -0.480 e. The molecule has 1 atom stereocenters. The molecule has 0 unspecified atom stereocenters. The zero-order chi connectivity index (χ0) is 35.8. The molecule has 51 heavy (non-hydrogen) atoms. The van der Waals surface area contributed by atoms with Crippen LogP contribution in [0, 0.1) is 0 Å². The normalized spacial score (nSPS) is 11.6. The van der Waals surface area contributed by atoms with Gasteiger partial charge >= 0.3 is 5.97 Å². The molecule has 256 valence electrons. The van der Waals surface area contributed by atoms with E-state index >= 15 is 0 Å². The number of halogens is 1. The number of nitrogens with one attached hydrogen (secondary N) is 2. The van der Waals surface area contributed by atoms with Gasteiger partial charge in [-0.3, -0.25) is 9.52 Å². The summed E-state index contributed by atoms with van der Waals surface area (Å²) in [7, 11) is -4.17. The molecule has 0 aliphatic carbocycles. The van der Waals surface area contributed by atoms with E-state index in [9.17, 15) is 23.1 Å². The summed E-state index contributed by atoms with van der Waals surface area (Å²) in [6, 6.07) is 41.8. The lowest BCUT2D eigenvalue weighted by molar-refractivity contribution is -0.139. The molecule has 0 saturated heterocycles. The smallest absolute Gasteiger partial charge is 0.326 e. The Hall–Kier alpha value is -6.10. The second kappa shape index (κ2) is 15.6. The van der Waals surface area contributed by atoms with E-state index < -0.39 is 27.9 Å². The number of sulfonamides is 1. The van der Waals surface area contributed by atoms with Crippen LogP contribution in [0.3, 0.4) is 0 Å². The van der Waals surface area contributed by atoms with Gasteiger partial charge in [0.15, 0.2) is 0 Å². The van der Waals surface area contributed by atoms with Crippen molar-refractivity contribution in [2.75, 3.05) is 4.72 Å². The molecule has 0 fully saturated rings. The van der Waals surface area contributed by atoms with E-state index in [1.54, 1.807) is 24.3 Å². The number of ether oxygens (including phenoxy) is 2. The maximum Gasteiger partial charge on any atom is 0.326 e. The standard InChI is InChI=1S/C40H31ClN2O7S/c41-29-19-24-36(43-51(47,48)33-22-20-32(21-23-33)49-30-9-3-1-4-10-30)35(26-29)39(44)42-37(40(45)46)25-27-15-17-28(18-16-27)34-13-7-8-14-38(34)50-31-11-5-2-6-12-31/h1-24,26,37,43H,25H2,(H,42,44)(H,45,46)/t37-/m0/s1. The maximum absolute atomic E-state index is 13.5. The van der Waals surface area contributed by atoms with Gasteiger partial charge in [0.05, 0.1) is 16.1 Å². The van der Waals surface area contributed by atoms with Crippen molar-refractivity contribution in [2.24, 2.45) is 0 Å². The SMILES string of the molecule is O=C(N[C@@H](Cc1ccc(-c2ccccc2Oc2ccccc2)cc1)C(=O)O)c1cc(Cl)ccc1NS(=O)(=O)c1ccc(Oc2ccccc2)cc1. The lowest BCUT2D eigenvalue weighted by atomic mass is 9.99. The highest BCUT2D eigenvalue weighted by Gasteiger charge is 2.25. The van der Waals surface area contributed by atoms with Crippen LogP contribution in [0.1, 0.15) is 15.9 Å². The number of carboxylic acids is 1. The second-order valence-electron chi connectivity index (χ2n) is 11.4. The van der Waals surface area contributed by atoms with Crippen LogP contribution in [0.5, 0.6) is 23.0 Å². The fraction of sp³-hybridized carbons (Fsp3) is 0.0500. The predicted octanol–water partition coefficient (Wildman–Crippen LogP) is 8.82. The van der Waals surface area contributed by atoms with Crippen LogP contribution in [0.25, 0.3) is 11.1 Å². The molecular weight excluding hydrogens is 688 g/mol. The number of carboxylic acid groups (broad SMARTS) is 1. The van der Waals surface area contributed by atoms with E-state index in [4.69, 9.17) is 21.1 Å². The number of benzene rings is 6. The summed E-state index contributed by atoms with van der Waals surface area (Å²) in [6.45, 7) is 0. The van der Waals surface area contributed by atoms with Gasteiger partial charge in [-0.05, 0) is 83.9 Å². The van der Waals surface area contributed by atoms with E-state index in [2.05, 4.69) is 10.0 Å². The molecule has 0 radical (unpaired) electrons. The first-order chi connectivity index (χ1) is 24.6. The molecule has 1 amide bonds. The Balaban J connectivity index is 1.15. The van der Waals surface area contributed by atoms with Gasteiger partial charge < -0.3 is 19.9 Å². The maximum atomic E-state index is 13.5. The number of anilines is 1. The molecule has 0 saturated carbocycles. The molecule has 0 heterocycles. The largest absolute Gasteiger partial charge is 0.480 e. The number of carbonyl (C=O) groups is 2. The zero-order valence-electron chi connectivity index (χ0n) is 26.9. The highest BCUT2D eigenvalue weighted by molar-refractivity contribution is 7.92. The molecule has 0 aliphatic rings. The van der Waals surface area contributed by atoms with Crippen molar-refractivity contribution in [1.82, 2.24) is 5.32 Å². The first-order valence-corrected chi connectivity index (χ1v) is 17.6. The molecule has 3 N–H and O–H groups in total. The Labute approximate surface area is 300 Å². The van der Waals surface area contributed by atoms with Crippen molar-refractivity contribution in [3.63, 3.8) is 0 Å².